The molecule has 3 nitrogen and oxygen atoms in total. The summed E-state index contributed by atoms with van der Waals surface area (Å²) in [5, 5.41) is 12.6. The Bertz CT molecular complexity index is 216. The number of fused-ring (bicyclic) bond motifs is 1. The fourth-order valence-electron chi connectivity index (χ4n) is 3.60. The van der Waals surface area contributed by atoms with E-state index in [0.717, 1.165) is 17.8 Å². The zero-order chi connectivity index (χ0) is 10.3. The lowest BCUT2D eigenvalue weighted by molar-refractivity contribution is 0.192. The highest BCUT2D eigenvalue weighted by Crippen LogP contribution is 2.51. The van der Waals surface area contributed by atoms with Gasteiger partial charge in [-0.15, -0.1) is 0 Å². The van der Waals surface area contributed by atoms with E-state index in [1.807, 2.05) is 0 Å². The Labute approximate surface area is 91.8 Å². The average Bonchev–Trinajstić information content (AvgIpc) is 2.75. The highest BCUT2D eigenvalue weighted by Gasteiger charge is 2.54. The Morgan fingerprint density at radius 2 is 2.07 bits per heavy atom. The first-order chi connectivity index (χ1) is 7.38. The van der Waals surface area contributed by atoms with Crippen LogP contribution in [0.1, 0.15) is 12.8 Å². The molecule has 0 aromatic heterocycles. The highest BCUT2D eigenvalue weighted by atomic mass is 16.3. The highest BCUT2D eigenvalue weighted by molar-refractivity contribution is 5.04. The summed E-state index contributed by atoms with van der Waals surface area (Å²) in [4.78, 5) is 2.62. The molecule has 1 aliphatic carbocycles. The molecule has 0 aromatic carbocycles. The molecule has 2 N–H and O–H groups in total. The van der Waals surface area contributed by atoms with Gasteiger partial charge in [0.25, 0.3) is 0 Å². The Morgan fingerprint density at radius 3 is 2.67 bits per heavy atom. The van der Waals surface area contributed by atoms with Crippen molar-refractivity contribution in [2.45, 2.75) is 12.8 Å². The van der Waals surface area contributed by atoms with E-state index in [0.29, 0.717) is 12.5 Å². The molecule has 0 amide bonds. The number of aliphatic hydroxyl groups is 1. The van der Waals surface area contributed by atoms with Gasteiger partial charge in [-0.2, -0.15) is 0 Å². The topological polar surface area (TPSA) is 35.5 Å². The van der Waals surface area contributed by atoms with Gasteiger partial charge in [-0.05, 0) is 49.6 Å². The van der Waals surface area contributed by atoms with Crippen LogP contribution in [-0.2, 0) is 0 Å². The van der Waals surface area contributed by atoms with E-state index >= 15 is 0 Å². The van der Waals surface area contributed by atoms with E-state index < -0.39 is 0 Å². The molecule has 3 unspecified atom stereocenters. The predicted octanol–water partition coefficient (Wildman–Crippen LogP) is 0.156. The van der Waals surface area contributed by atoms with Crippen LogP contribution in [0.2, 0.25) is 0 Å². The van der Waals surface area contributed by atoms with Gasteiger partial charge in [0.05, 0.1) is 0 Å². The summed E-state index contributed by atoms with van der Waals surface area (Å²) in [5.74, 6) is 3.22. The number of aliphatic hydroxyl groups excluding tert-OH is 1. The Morgan fingerprint density at radius 1 is 1.27 bits per heavy atom. The van der Waals surface area contributed by atoms with Gasteiger partial charge in [-0.1, -0.05) is 0 Å². The summed E-state index contributed by atoms with van der Waals surface area (Å²) in [6, 6.07) is 0. The molecular formula is C12H22N2O. The maximum atomic E-state index is 9.09. The largest absolute Gasteiger partial charge is 0.396 e. The van der Waals surface area contributed by atoms with Gasteiger partial charge in [-0.3, -0.25) is 0 Å². The minimum absolute atomic E-state index is 0.425. The van der Waals surface area contributed by atoms with E-state index in [-0.39, 0.29) is 0 Å². The molecule has 86 valence electrons. The average molecular weight is 210 g/mol. The van der Waals surface area contributed by atoms with Crippen LogP contribution >= 0.6 is 0 Å². The van der Waals surface area contributed by atoms with Crippen molar-refractivity contribution >= 4 is 0 Å². The standard InChI is InChI=1S/C12H22N2O/c15-8-12-10-6-14(7-11(10)12)5-9-2-1-3-13-4-9/h9-13,15H,1-8H2. The van der Waals surface area contributed by atoms with Crippen molar-refractivity contribution in [1.29, 1.82) is 0 Å². The van der Waals surface area contributed by atoms with Crippen LogP contribution in [0.4, 0.5) is 0 Å². The summed E-state index contributed by atoms with van der Waals surface area (Å²) in [6.07, 6.45) is 2.76. The molecular weight excluding hydrogens is 188 g/mol. The minimum Gasteiger partial charge on any atom is -0.396 e. The lowest BCUT2D eigenvalue weighted by Gasteiger charge is -2.28. The first-order valence-electron chi connectivity index (χ1n) is 6.42. The molecule has 2 saturated heterocycles. The molecule has 2 heterocycles. The van der Waals surface area contributed by atoms with E-state index in [9.17, 15) is 0 Å². The van der Waals surface area contributed by atoms with Crippen LogP contribution in [0.15, 0.2) is 0 Å². The molecule has 3 heteroatoms. The molecule has 0 spiro atoms. The van der Waals surface area contributed by atoms with Crippen LogP contribution in [0.25, 0.3) is 0 Å². The van der Waals surface area contributed by atoms with Crippen molar-refractivity contribution in [3.05, 3.63) is 0 Å². The van der Waals surface area contributed by atoms with Crippen molar-refractivity contribution in [3.8, 4) is 0 Å². The van der Waals surface area contributed by atoms with Crippen molar-refractivity contribution in [2.24, 2.45) is 23.7 Å². The van der Waals surface area contributed by atoms with Crippen LogP contribution in [0, 0.1) is 23.7 Å². The van der Waals surface area contributed by atoms with Gasteiger partial charge in [0.15, 0.2) is 0 Å². The van der Waals surface area contributed by atoms with Crippen molar-refractivity contribution in [1.82, 2.24) is 10.2 Å². The van der Waals surface area contributed by atoms with Crippen LogP contribution in [0.5, 0.6) is 0 Å². The van der Waals surface area contributed by atoms with Gasteiger partial charge in [-0.25, -0.2) is 0 Å². The maximum absolute atomic E-state index is 9.09. The smallest absolute Gasteiger partial charge is 0.0465 e. The van der Waals surface area contributed by atoms with E-state index in [4.69, 9.17) is 5.11 Å². The van der Waals surface area contributed by atoms with E-state index in [1.165, 1.54) is 45.6 Å². The molecule has 3 rings (SSSR count). The zero-order valence-corrected chi connectivity index (χ0v) is 9.36. The summed E-state index contributed by atoms with van der Waals surface area (Å²) >= 11 is 0. The monoisotopic (exact) mass is 210 g/mol. The SMILES string of the molecule is OCC1C2CN(CC3CCCNC3)CC12. The molecule has 3 fully saturated rings. The summed E-state index contributed by atoms with van der Waals surface area (Å²) in [6.45, 7) is 6.66. The van der Waals surface area contributed by atoms with Gasteiger partial charge >= 0.3 is 0 Å². The van der Waals surface area contributed by atoms with E-state index in [1.54, 1.807) is 0 Å². The summed E-state index contributed by atoms with van der Waals surface area (Å²) in [7, 11) is 0. The first-order valence-corrected chi connectivity index (χ1v) is 6.42. The molecule has 3 atom stereocenters. The predicted molar refractivity (Wildman–Crippen MR) is 59.6 cm³/mol. The number of likely N-dealkylation sites (tertiary alicyclic amines) is 1. The minimum atomic E-state index is 0.425. The normalized spacial score (nSPS) is 45.4. The fraction of sp³-hybridized carbons (Fsp3) is 1.00. The number of hydrogen-bond donors (Lipinski definition) is 2. The number of piperidine rings is 2. The molecule has 15 heavy (non-hydrogen) atoms. The zero-order valence-electron chi connectivity index (χ0n) is 9.36. The number of hydrogen-bond acceptors (Lipinski definition) is 3. The Kier molecular flexibility index (Phi) is 2.71. The Hall–Kier alpha value is -0.120. The lowest BCUT2D eigenvalue weighted by Crippen LogP contribution is -2.38. The maximum Gasteiger partial charge on any atom is 0.0465 e. The van der Waals surface area contributed by atoms with E-state index in [2.05, 4.69) is 10.2 Å². The van der Waals surface area contributed by atoms with Crippen molar-refractivity contribution in [2.75, 3.05) is 39.3 Å². The fourth-order valence-corrected chi connectivity index (χ4v) is 3.60. The lowest BCUT2D eigenvalue weighted by atomic mass is 9.99. The molecule has 2 aliphatic heterocycles. The van der Waals surface area contributed by atoms with Gasteiger partial charge in [0.2, 0.25) is 0 Å². The molecule has 1 saturated carbocycles. The summed E-state index contributed by atoms with van der Waals surface area (Å²) in [5.41, 5.74) is 0. The third-order valence-corrected chi connectivity index (χ3v) is 4.57. The third-order valence-electron chi connectivity index (χ3n) is 4.57. The van der Waals surface area contributed by atoms with Gasteiger partial charge in [0, 0.05) is 26.2 Å². The van der Waals surface area contributed by atoms with Gasteiger partial charge < -0.3 is 15.3 Å². The van der Waals surface area contributed by atoms with Crippen LogP contribution in [-0.4, -0.2) is 49.3 Å². The molecule has 0 bridgehead atoms. The molecule has 3 aliphatic rings. The van der Waals surface area contributed by atoms with Crippen molar-refractivity contribution < 1.29 is 5.11 Å². The second-order valence-corrected chi connectivity index (χ2v) is 5.61. The molecule has 0 radical (unpaired) electrons. The Balaban J connectivity index is 1.43. The second kappa shape index (κ2) is 4.04. The number of nitrogens with one attached hydrogen (secondary N) is 1. The quantitative estimate of drug-likeness (QED) is 0.696. The van der Waals surface area contributed by atoms with Crippen LogP contribution < -0.4 is 5.32 Å². The molecule has 0 aromatic rings. The summed E-state index contributed by atoms with van der Waals surface area (Å²) < 4.78 is 0. The number of nitrogens with zero attached hydrogens (tertiary/aromatic N) is 1. The van der Waals surface area contributed by atoms with Crippen LogP contribution in [0.3, 0.4) is 0 Å². The number of rotatable bonds is 3. The van der Waals surface area contributed by atoms with Crippen molar-refractivity contribution in [3.63, 3.8) is 0 Å². The third kappa shape index (κ3) is 1.93. The van der Waals surface area contributed by atoms with Gasteiger partial charge in [0.1, 0.15) is 0 Å². The first kappa shape index (κ1) is 10.1. The second-order valence-electron chi connectivity index (χ2n) is 5.61.